The number of carbonyl (C=O) groups excluding carboxylic acids is 1. The SMILES string of the molecule is O=C(c1nnc(-c2ccc(F)cc2)o1)c1nnc(-c2ccc(F)cc2)o1. The van der Waals surface area contributed by atoms with Crippen LogP contribution >= 0.6 is 0 Å². The number of ketones is 1. The molecule has 0 N–H and O–H groups in total. The maximum Gasteiger partial charge on any atom is 0.306 e. The Kier molecular flexibility index (Phi) is 3.81. The fourth-order valence-corrected chi connectivity index (χ4v) is 2.14. The van der Waals surface area contributed by atoms with Gasteiger partial charge in [0.05, 0.1) is 0 Å². The van der Waals surface area contributed by atoms with E-state index in [-0.39, 0.29) is 23.6 Å². The largest absolute Gasteiger partial charge is 0.413 e. The predicted octanol–water partition coefficient (Wildman–Crippen LogP) is 3.30. The first-order valence-electron chi connectivity index (χ1n) is 7.34. The highest BCUT2D eigenvalue weighted by Gasteiger charge is 2.24. The van der Waals surface area contributed by atoms with Gasteiger partial charge in [-0.05, 0) is 48.5 Å². The molecule has 0 atom stereocenters. The number of hydrogen-bond acceptors (Lipinski definition) is 7. The van der Waals surface area contributed by atoms with E-state index in [1.54, 1.807) is 0 Å². The Morgan fingerprint density at radius 3 is 1.42 bits per heavy atom. The van der Waals surface area contributed by atoms with Crippen molar-refractivity contribution in [1.29, 1.82) is 0 Å². The Labute approximate surface area is 144 Å². The van der Waals surface area contributed by atoms with E-state index in [1.165, 1.54) is 48.5 Å². The van der Waals surface area contributed by atoms with Crippen molar-refractivity contribution < 1.29 is 22.4 Å². The van der Waals surface area contributed by atoms with Crippen LogP contribution in [0.3, 0.4) is 0 Å². The molecule has 9 heteroatoms. The molecule has 0 saturated carbocycles. The fraction of sp³-hybridized carbons (Fsp3) is 0. The minimum absolute atomic E-state index is 0.0478. The van der Waals surface area contributed by atoms with Gasteiger partial charge >= 0.3 is 5.78 Å². The van der Waals surface area contributed by atoms with E-state index in [0.29, 0.717) is 11.1 Å². The van der Waals surface area contributed by atoms with Crippen LogP contribution in [0.5, 0.6) is 0 Å². The van der Waals surface area contributed by atoms with Crippen LogP contribution < -0.4 is 0 Å². The third-order valence-electron chi connectivity index (χ3n) is 3.42. The van der Waals surface area contributed by atoms with Crippen molar-refractivity contribution in [3.63, 3.8) is 0 Å². The molecule has 2 aromatic heterocycles. The molecule has 0 bridgehead atoms. The summed E-state index contributed by atoms with van der Waals surface area (Å²) >= 11 is 0. The molecule has 0 aliphatic rings. The Morgan fingerprint density at radius 2 is 1.04 bits per heavy atom. The molecule has 0 amide bonds. The number of halogens is 2. The standard InChI is InChI=1S/C17H8F2N4O3/c18-11-5-1-9(2-6-11)14-20-22-16(25-14)13(24)17-23-21-15(26-17)10-3-7-12(19)8-4-10/h1-8H. The molecule has 0 fully saturated rings. The van der Waals surface area contributed by atoms with Crippen LogP contribution in [0.25, 0.3) is 22.9 Å². The molecule has 26 heavy (non-hydrogen) atoms. The Balaban J connectivity index is 1.58. The van der Waals surface area contributed by atoms with Crippen LogP contribution in [-0.4, -0.2) is 26.2 Å². The van der Waals surface area contributed by atoms with Crippen molar-refractivity contribution >= 4 is 5.78 Å². The lowest BCUT2D eigenvalue weighted by molar-refractivity contribution is 0.0971. The van der Waals surface area contributed by atoms with Crippen molar-refractivity contribution in [3.05, 3.63) is 71.9 Å². The summed E-state index contributed by atoms with van der Waals surface area (Å²) in [5.74, 6) is -2.19. The van der Waals surface area contributed by atoms with Crippen LogP contribution in [0.2, 0.25) is 0 Å². The molecule has 0 spiro atoms. The topological polar surface area (TPSA) is 94.9 Å². The number of hydrogen-bond donors (Lipinski definition) is 0. The zero-order valence-corrected chi connectivity index (χ0v) is 12.9. The minimum Gasteiger partial charge on any atom is -0.413 e. The van der Waals surface area contributed by atoms with Crippen LogP contribution in [-0.2, 0) is 0 Å². The van der Waals surface area contributed by atoms with Crippen molar-refractivity contribution in [3.8, 4) is 22.9 Å². The first-order chi connectivity index (χ1) is 12.6. The van der Waals surface area contributed by atoms with Gasteiger partial charge in [-0.3, -0.25) is 4.79 Å². The highest BCUT2D eigenvalue weighted by molar-refractivity contribution is 6.02. The highest BCUT2D eigenvalue weighted by atomic mass is 19.1. The van der Waals surface area contributed by atoms with Gasteiger partial charge in [-0.15, -0.1) is 20.4 Å². The van der Waals surface area contributed by atoms with Gasteiger partial charge in [0.2, 0.25) is 11.8 Å². The molecule has 4 aromatic rings. The smallest absolute Gasteiger partial charge is 0.306 e. The molecule has 2 aromatic carbocycles. The summed E-state index contributed by atoms with van der Waals surface area (Å²) < 4.78 is 36.5. The quantitative estimate of drug-likeness (QED) is 0.519. The monoisotopic (exact) mass is 354 g/mol. The average molecular weight is 354 g/mol. The third kappa shape index (κ3) is 2.97. The second-order valence-corrected chi connectivity index (χ2v) is 5.17. The molecular formula is C17H8F2N4O3. The van der Waals surface area contributed by atoms with Crippen LogP contribution in [0.4, 0.5) is 8.78 Å². The lowest BCUT2D eigenvalue weighted by Crippen LogP contribution is -2.02. The van der Waals surface area contributed by atoms with E-state index in [1.807, 2.05) is 0 Å². The van der Waals surface area contributed by atoms with Gasteiger partial charge in [0.25, 0.3) is 11.8 Å². The van der Waals surface area contributed by atoms with Gasteiger partial charge in [-0.1, -0.05) is 0 Å². The lowest BCUT2D eigenvalue weighted by Gasteiger charge is -1.94. The molecule has 0 radical (unpaired) electrons. The third-order valence-corrected chi connectivity index (χ3v) is 3.42. The molecule has 0 aliphatic carbocycles. The number of benzene rings is 2. The van der Waals surface area contributed by atoms with Gasteiger partial charge in [0.15, 0.2) is 0 Å². The van der Waals surface area contributed by atoms with Gasteiger partial charge in [0.1, 0.15) is 11.6 Å². The number of aromatic nitrogens is 4. The van der Waals surface area contributed by atoms with E-state index < -0.39 is 17.4 Å². The molecule has 0 aliphatic heterocycles. The second kappa shape index (κ2) is 6.28. The van der Waals surface area contributed by atoms with E-state index in [4.69, 9.17) is 8.83 Å². The molecular weight excluding hydrogens is 346 g/mol. The first kappa shape index (κ1) is 15.8. The fourth-order valence-electron chi connectivity index (χ4n) is 2.14. The maximum atomic E-state index is 13.0. The number of rotatable bonds is 4. The van der Waals surface area contributed by atoms with Gasteiger partial charge < -0.3 is 8.83 Å². The molecule has 0 unspecified atom stereocenters. The number of carbonyl (C=O) groups is 1. The van der Waals surface area contributed by atoms with Gasteiger partial charge in [0, 0.05) is 11.1 Å². The first-order valence-corrected chi connectivity index (χ1v) is 7.34. The predicted molar refractivity (Wildman–Crippen MR) is 82.8 cm³/mol. The summed E-state index contributed by atoms with van der Waals surface area (Å²) in [5.41, 5.74) is 0.908. The molecule has 7 nitrogen and oxygen atoms in total. The van der Waals surface area contributed by atoms with E-state index >= 15 is 0 Å². The molecule has 128 valence electrons. The zero-order chi connectivity index (χ0) is 18.1. The maximum absolute atomic E-state index is 13.0. The van der Waals surface area contributed by atoms with Crippen molar-refractivity contribution in [2.75, 3.05) is 0 Å². The molecule has 4 rings (SSSR count). The summed E-state index contributed by atoms with van der Waals surface area (Å²) in [6.45, 7) is 0. The summed E-state index contributed by atoms with van der Waals surface area (Å²) in [6, 6.07) is 10.7. The Hall–Kier alpha value is -3.75. The van der Waals surface area contributed by atoms with Crippen molar-refractivity contribution in [2.24, 2.45) is 0 Å². The van der Waals surface area contributed by atoms with E-state index in [9.17, 15) is 13.6 Å². The van der Waals surface area contributed by atoms with E-state index in [2.05, 4.69) is 20.4 Å². The van der Waals surface area contributed by atoms with E-state index in [0.717, 1.165) is 0 Å². The number of nitrogens with zero attached hydrogens (tertiary/aromatic N) is 4. The lowest BCUT2D eigenvalue weighted by atomic mass is 10.2. The van der Waals surface area contributed by atoms with Crippen molar-refractivity contribution in [2.45, 2.75) is 0 Å². The van der Waals surface area contributed by atoms with Gasteiger partial charge in [-0.2, -0.15) is 0 Å². The second-order valence-electron chi connectivity index (χ2n) is 5.17. The molecule has 2 heterocycles. The summed E-state index contributed by atoms with van der Waals surface area (Å²) in [6.07, 6.45) is 0. The normalized spacial score (nSPS) is 10.8. The average Bonchev–Trinajstić information content (AvgIpc) is 3.32. The summed E-state index contributed by atoms with van der Waals surface area (Å²) in [5, 5.41) is 14.8. The minimum atomic E-state index is -0.758. The summed E-state index contributed by atoms with van der Waals surface area (Å²) in [4.78, 5) is 12.3. The highest BCUT2D eigenvalue weighted by Crippen LogP contribution is 2.21. The van der Waals surface area contributed by atoms with Crippen LogP contribution in [0, 0.1) is 11.6 Å². The van der Waals surface area contributed by atoms with Crippen LogP contribution in [0.15, 0.2) is 57.4 Å². The van der Waals surface area contributed by atoms with Crippen LogP contribution in [0.1, 0.15) is 16.6 Å². The van der Waals surface area contributed by atoms with Gasteiger partial charge in [-0.25, -0.2) is 8.78 Å². The van der Waals surface area contributed by atoms with Crippen molar-refractivity contribution in [1.82, 2.24) is 20.4 Å². The molecule has 0 saturated heterocycles. The Bertz CT molecular complexity index is 986. The Morgan fingerprint density at radius 1 is 0.654 bits per heavy atom. The zero-order valence-electron chi connectivity index (χ0n) is 12.9. The summed E-state index contributed by atoms with van der Waals surface area (Å²) in [7, 11) is 0.